The first-order chi connectivity index (χ1) is 11.2. The van der Waals surface area contributed by atoms with Crippen molar-refractivity contribution >= 4 is 23.2 Å². The summed E-state index contributed by atoms with van der Waals surface area (Å²) in [6, 6.07) is 2.16. The highest BCUT2D eigenvalue weighted by Gasteiger charge is 2.23. The lowest BCUT2D eigenvalue weighted by Crippen LogP contribution is -2.51. The molecule has 2 aliphatic heterocycles. The third-order valence-corrected chi connectivity index (χ3v) is 5.21. The molecule has 1 N–H and O–H groups in total. The third-order valence-electron chi connectivity index (χ3n) is 4.48. The van der Waals surface area contributed by atoms with Gasteiger partial charge in [-0.1, -0.05) is 0 Å². The van der Waals surface area contributed by atoms with Crippen LogP contribution in [-0.4, -0.2) is 78.9 Å². The van der Waals surface area contributed by atoms with Crippen molar-refractivity contribution in [1.29, 1.82) is 0 Å². The molecule has 2 fully saturated rings. The second-order valence-electron chi connectivity index (χ2n) is 6.16. The normalized spacial score (nSPS) is 21.0. The monoisotopic (exact) mass is 336 g/mol. The van der Waals surface area contributed by atoms with Crippen LogP contribution in [0.3, 0.4) is 0 Å². The van der Waals surface area contributed by atoms with E-state index in [0.29, 0.717) is 26.1 Å². The van der Waals surface area contributed by atoms with Gasteiger partial charge in [0.1, 0.15) is 0 Å². The van der Waals surface area contributed by atoms with Gasteiger partial charge in [-0.25, -0.2) is 0 Å². The number of nitrogens with one attached hydrogen (secondary N) is 1. The SMILES string of the molecule is O=C1CCN(CC(=O)N2CCN(Cc3ccsc3)CC2)CCN1. The van der Waals surface area contributed by atoms with E-state index >= 15 is 0 Å². The molecule has 0 bridgehead atoms. The fourth-order valence-corrected chi connectivity index (χ4v) is 3.72. The molecule has 3 heterocycles. The minimum atomic E-state index is 0.0852. The van der Waals surface area contributed by atoms with Gasteiger partial charge in [0.2, 0.25) is 11.8 Å². The van der Waals surface area contributed by atoms with Crippen molar-refractivity contribution in [3.63, 3.8) is 0 Å². The Morgan fingerprint density at radius 1 is 1.13 bits per heavy atom. The molecule has 0 spiro atoms. The third kappa shape index (κ3) is 4.76. The van der Waals surface area contributed by atoms with Crippen LogP contribution in [0.2, 0.25) is 0 Å². The summed E-state index contributed by atoms with van der Waals surface area (Å²) in [7, 11) is 0. The Bertz CT molecular complexity index is 526. The Morgan fingerprint density at radius 3 is 2.70 bits per heavy atom. The fraction of sp³-hybridized carbons (Fsp3) is 0.625. The number of thiophene rings is 1. The molecule has 23 heavy (non-hydrogen) atoms. The molecule has 0 aliphatic carbocycles. The molecule has 0 atom stereocenters. The summed E-state index contributed by atoms with van der Waals surface area (Å²) in [6.45, 7) is 6.95. The van der Waals surface area contributed by atoms with Gasteiger partial charge in [-0.15, -0.1) is 0 Å². The van der Waals surface area contributed by atoms with Crippen molar-refractivity contribution in [2.75, 3.05) is 52.4 Å². The fourth-order valence-electron chi connectivity index (χ4n) is 3.06. The number of hydrogen-bond donors (Lipinski definition) is 1. The number of piperazine rings is 1. The van der Waals surface area contributed by atoms with Crippen LogP contribution < -0.4 is 5.32 Å². The molecule has 3 rings (SSSR count). The number of amides is 2. The van der Waals surface area contributed by atoms with E-state index in [-0.39, 0.29) is 11.8 Å². The average Bonchev–Trinajstić information content (AvgIpc) is 2.97. The summed E-state index contributed by atoms with van der Waals surface area (Å²) in [5.41, 5.74) is 1.36. The molecule has 2 aliphatic rings. The zero-order chi connectivity index (χ0) is 16.1. The zero-order valence-electron chi connectivity index (χ0n) is 13.4. The van der Waals surface area contributed by atoms with Crippen LogP contribution in [0.4, 0.5) is 0 Å². The summed E-state index contributed by atoms with van der Waals surface area (Å²) in [6.07, 6.45) is 0.488. The topological polar surface area (TPSA) is 55.9 Å². The Kier molecular flexibility index (Phi) is 5.64. The van der Waals surface area contributed by atoms with E-state index in [1.807, 2.05) is 4.90 Å². The molecule has 126 valence electrons. The van der Waals surface area contributed by atoms with Crippen LogP contribution in [0.15, 0.2) is 16.8 Å². The average molecular weight is 336 g/mol. The quantitative estimate of drug-likeness (QED) is 0.854. The first kappa shape index (κ1) is 16.4. The predicted octanol–water partition coefficient (Wildman–Crippen LogP) is 0.214. The number of nitrogens with zero attached hydrogens (tertiary/aromatic N) is 3. The largest absolute Gasteiger partial charge is 0.355 e. The highest BCUT2D eigenvalue weighted by Crippen LogP contribution is 2.12. The van der Waals surface area contributed by atoms with Crippen molar-refractivity contribution in [2.24, 2.45) is 0 Å². The van der Waals surface area contributed by atoms with E-state index in [1.165, 1.54) is 5.56 Å². The molecule has 0 unspecified atom stereocenters. The number of rotatable bonds is 4. The van der Waals surface area contributed by atoms with E-state index in [9.17, 15) is 9.59 Å². The Labute approximate surface area is 141 Å². The Balaban J connectivity index is 1.42. The van der Waals surface area contributed by atoms with Gasteiger partial charge in [0.15, 0.2) is 0 Å². The van der Waals surface area contributed by atoms with Gasteiger partial charge >= 0.3 is 0 Å². The van der Waals surface area contributed by atoms with Crippen LogP contribution in [0.1, 0.15) is 12.0 Å². The van der Waals surface area contributed by atoms with Crippen molar-refractivity contribution in [1.82, 2.24) is 20.0 Å². The standard InChI is InChI=1S/C16H24N4O2S/c21-15-1-4-18(5-3-17-15)12-16(22)20-8-6-19(7-9-20)11-14-2-10-23-13-14/h2,10,13H,1,3-9,11-12H2,(H,17,21). The van der Waals surface area contributed by atoms with E-state index in [2.05, 4.69) is 31.9 Å². The molecule has 0 radical (unpaired) electrons. The van der Waals surface area contributed by atoms with E-state index in [0.717, 1.165) is 39.3 Å². The predicted molar refractivity (Wildman–Crippen MR) is 90.2 cm³/mol. The summed E-state index contributed by atoms with van der Waals surface area (Å²) in [5, 5.41) is 7.14. The maximum absolute atomic E-state index is 12.4. The summed E-state index contributed by atoms with van der Waals surface area (Å²) >= 11 is 1.73. The minimum absolute atomic E-state index is 0.0852. The molecule has 2 amide bonds. The van der Waals surface area contributed by atoms with E-state index < -0.39 is 0 Å². The lowest BCUT2D eigenvalue weighted by Gasteiger charge is -2.35. The van der Waals surface area contributed by atoms with Crippen molar-refractivity contribution in [3.8, 4) is 0 Å². The Morgan fingerprint density at radius 2 is 1.96 bits per heavy atom. The van der Waals surface area contributed by atoms with Gasteiger partial charge in [-0.2, -0.15) is 11.3 Å². The van der Waals surface area contributed by atoms with Crippen LogP contribution in [-0.2, 0) is 16.1 Å². The number of carbonyl (C=O) groups excluding carboxylic acids is 2. The Hall–Kier alpha value is -1.44. The highest BCUT2D eigenvalue weighted by molar-refractivity contribution is 7.07. The van der Waals surface area contributed by atoms with E-state index in [4.69, 9.17) is 0 Å². The summed E-state index contributed by atoms with van der Waals surface area (Å²) in [4.78, 5) is 30.2. The molecule has 0 aromatic carbocycles. The van der Waals surface area contributed by atoms with Gasteiger partial charge < -0.3 is 10.2 Å². The van der Waals surface area contributed by atoms with Gasteiger partial charge in [-0.3, -0.25) is 19.4 Å². The van der Waals surface area contributed by atoms with Crippen LogP contribution >= 0.6 is 11.3 Å². The van der Waals surface area contributed by atoms with Crippen molar-refractivity contribution in [2.45, 2.75) is 13.0 Å². The van der Waals surface area contributed by atoms with Crippen LogP contribution in [0, 0.1) is 0 Å². The van der Waals surface area contributed by atoms with Gasteiger partial charge in [0.25, 0.3) is 0 Å². The van der Waals surface area contributed by atoms with Gasteiger partial charge in [-0.05, 0) is 22.4 Å². The molecule has 7 heteroatoms. The molecule has 0 saturated carbocycles. The number of carbonyl (C=O) groups is 2. The van der Waals surface area contributed by atoms with Gasteiger partial charge in [0.05, 0.1) is 6.54 Å². The maximum Gasteiger partial charge on any atom is 0.236 e. The molecular weight excluding hydrogens is 312 g/mol. The lowest BCUT2D eigenvalue weighted by molar-refractivity contribution is -0.134. The van der Waals surface area contributed by atoms with Crippen LogP contribution in [0.5, 0.6) is 0 Å². The van der Waals surface area contributed by atoms with E-state index in [1.54, 1.807) is 11.3 Å². The zero-order valence-corrected chi connectivity index (χ0v) is 14.2. The second-order valence-corrected chi connectivity index (χ2v) is 6.94. The van der Waals surface area contributed by atoms with Crippen LogP contribution in [0.25, 0.3) is 0 Å². The first-order valence-electron chi connectivity index (χ1n) is 8.21. The lowest BCUT2D eigenvalue weighted by atomic mass is 10.2. The smallest absolute Gasteiger partial charge is 0.236 e. The molecule has 1 aromatic rings. The van der Waals surface area contributed by atoms with Crippen molar-refractivity contribution < 1.29 is 9.59 Å². The van der Waals surface area contributed by atoms with Crippen molar-refractivity contribution in [3.05, 3.63) is 22.4 Å². The number of hydrogen-bond acceptors (Lipinski definition) is 5. The first-order valence-corrected chi connectivity index (χ1v) is 9.15. The molecule has 2 saturated heterocycles. The maximum atomic E-state index is 12.4. The molecule has 6 nitrogen and oxygen atoms in total. The summed E-state index contributed by atoms with van der Waals surface area (Å²) < 4.78 is 0. The second kappa shape index (κ2) is 7.90. The molecular formula is C16H24N4O2S. The highest BCUT2D eigenvalue weighted by atomic mass is 32.1. The summed E-state index contributed by atoms with van der Waals surface area (Å²) in [5.74, 6) is 0.275. The van der Waals surface area contributed by atoms with Gasteiger partial charge in [0, 0.05) is 58.8 Å². The minimum Gasteiger partial charge on any atom is -0.355 e. The molecule has 1 aromatic heterocycles.